The van der Waals surface area contributed by atoms with Gasteiger partial charge in [0, 0.05) is 22.8 Å². The van der Waals surface area contributed by atoms with Gasteiger partial charge in [-0.3, -0.25) is 0 Å². The molecule has 0 saturated carbocycles. The monoisotopic (exact) mass is 225 g/mol. The van der Waals surface area contributed by atoms with Gasteiger partial charge in [0.2, 0.25) is 4.80 Å². The molecule has 4 heteroatoms. The van der Waals surface area contributed by atoms with Crippen molar-refractivity contribution in [1.29, 1.82) is 0 Å². The molecule has 0 atom stereocenters. The summed E-state index contributed by atoms with van der Waals surface area (Å²) in [4.78, 5) is 2.41. The largest absolute Gasteiger partial charge is 0.320 e. The molecule has 0 aliphatic rings. The maximum absolute atomic E-state index is 4.28. The number of hydrogen-bond acceptors (Lipinski definition) is 3. The summed E-state index contributed by atoms with van der Waals surface area (Å²) in [6.07, 6.45) is 1.07. The van der Waals surface area contributed by atoms with Crippen molar-refractivity contribution in [1.82, 2.24) is 4.57 Å². The van der Waals surface area contributed by atoms with Crippen molar-refractivity contribution in [3.8, 4) is 0 Å². The van der Waals surface area contributed by atoms with Gasteiger partial charge in [-0.25, -0.2) is 0 Å². The second-order valence-electron chi connectivity index (χ2n) is 3.64. The van der Waals surface area contributed by atoms with Crippen LogP contribution in [-0.2, 0) is 13.0 Å². The molecule has 0 aromatic carbocycles. The minimum Gasteiger partial charge on any atom is -0.320 e. The highest BCUT2D eigenvalue weighted by atomic mass is 32.1. The van der Waals surface area contributed by atoms with Crippen LogP contribution in [0.15, 0.2) is 10.2 Å². The predicted molar refractivity (Wildman–Crippen MR) is 66.4 cm³/mol. The molecule has 0 N–H and O–H groups in total. The molecule has 0 spiro atoms. The molecule has 0 saturated heterocycles. The smallest absolute Gasteiger partial charge is 0.210 e. The number of hydrogen-bond donors (Lipinski definition) is 0. The van der Waals surface area contributed by atoms with Gasteiger partial charge in [-0.2, -0.15) is 5.10 Å². The van der Waals surface area contributed by atoms with Gasteiger partial charge in [-0.05, 0) is 34.1 Å². The van der Waals surface area contributed by atoms with E-state index in [1.807, 2.05) is 13.8 Å². The maximum atomic E-state index is 4.28. The van der Waals surface area contributed by atoms with E-state index in [-0.39, 0.29) is 0 Å². The third-order valence-electron chi connectivity index (χ3n) is 2.23. The molecule has 15 heavy (non-hydrogen) atoms. The molecular formula is C11H19N3S. The van der Waals surface area contributed by atoms with Crippen LogP contribution in [-0.4, -0.2) is 10.3 Å². The highest BCUT2D eigenvalue weighted by Crippen LogP contribution is 2.12. The molecule has 0 aliphatic carbocycles. The third kappa shape index (κ3) is 2.78. The zero-order valence-electron chi connectivity index (χ0n) is 10.2. The minimum absolute atomic E-state index is 0.958. The van der Waals surface area contributed by atoms with Crippen LogP contribution < -0.4 is 4.80 Å². The van der Waals surface area contributed by atoms with Crippen LogP contribution in [0.25, 0.3) is 0 Å². The molecule has 0 fully saturated rings. The zero-order valence-corrected chi connectivity index (χ0v) is 11.0. The van der Waals surface area contributed by atoms with Crippen LogP contribution >= 0.6 is 11.3 Å². The first-order chi connectivity index (χ1) is 7.10. The Bertz CT molecular complexity index is 420. The lowest BCUT2D eigenvalue weighted by atomic mass is 10.3. The van der Waals surface area contributed by atoms with E-state index in [0.717, 1.165) is 23.5 Å². The van der Waals surface area contributed by atoms with E-state index in [1.165, 1.54) is 10.6 Å². The summed E-state index contributed by atoms with van der Waals surface area (Å²) in [6.45, 7) is 11.3. The van der Waals surface area contributed by atoms with Crippen molar-refractivity contribution in [2.75, 3.05) is 0 Å². The molecule has 1 aromatic heterocycles. The Kier molecular flexibility index (Phi) is 4.27. The minimum atomic E-state index is 0.958. The van der Waals surface area contributed by atoms with E-state index >= 15 is 0 Å². The van der Waals surface area contributed by atoms with Crippen molar-refractivity contribution >= 4 is 17.0 Å². The molecule has 1 rings (SSSR count). The van der Waals surface area contributed by atoms with Gasteiger partial charge < -0.3 is 4.57 Å². The van der Waals surface area contributed by atoms with Gasteiger partial charge in [-0.15, -0.1) is 5.10 Å². The van der Waals surface area contributed by atoms with Gasteiger partial charge >= 0.3 is 0 Å². The fraction of sp³-hybridized carbons (Fsp3) is 0.636. The first-order valence-electron chi connectivity index (χ1n) is 5.34. The Morgan fingerprint density at radius 2 is 2.00 bits per heavy atom. The molecule has 0 bridgehead atoms. The Labute approximate surface area is 95.2 Å². The lowest BCUT2D eigenvalue weighted by Crippen LogP contribution is -2.14. The van der Waals surface area contributed by atoms with Crippen LogP contribution in [0.1, 0.15) is 38.3 Å². The molecule has 0 aliphatic heterocycles. The fourth-order valence-corrected chi connectivity index (χ4v) is 2.53. The molecule has 3 nitrogen and oxygen atoms in total. The topological polar surface area (TPSA) is 29.6 Å². The highest BCUT2D eigenvalue weighted by molar-refractivity contribution is 7.09. The molecule has 0 amide bonds. The lowest BCUT2D eigenvalue weighted by Gasteiger charge is -2.00. The highest BCUT2D eigenvalue weighted by Gasteiger charge is 2.05. The van der Waals surface area contributed by atoms with Gasteiger partial charge in [-0.1, -0.05) is 18.3 Å². The van der Waals surface area contributed by atoms with Gasteiger partial charge in [0.15, 0.2) is 0 Å². The van der Waals surface area contributed by atoms with E-state index < -0.39 is 0 Å². The van der Waals surface area contributed by atoms with E-state index in [0.29, 0.717) is 0 Å². The number of aryl methyl sites for hydroxylation is 1. The summed E-state index contributed by atoms with van der Waals surface area (Å²) in [7, 11) is 0. The number of rotatable bonds is 3. The average molecular weight is 225 g/mol. The molecule has 0 radical (unpaired) electrons. The van der Waals surface area contributed by atoms with E-state index in [2.05, 4.69) is 35.5 Å². The van der Waals surface area contributed by atoms with E-state index in [4.69, 9.17) is 0 Å². The van der Waals surface area contributed by atoms with Crippen LogP contribution in [0.2, 0.25) is 0 Å². The van der Waals surface area contributed by atoms with Crippen molar-refractivity contribution in [3.63, 3.8) is 0 Å². The Balaban J connectivity index is 3.29. The second-order valence-corrected chi connectivity index (χ2v) is 4.70. The van der Waals surface area contributed by atoms with Crippen LogP contribution in [0, 0.1) is 6.92 Å². The van der Waals surface area contributed by atoms with Crippen LogP contribution in [0.4, 0.5) is 0 Å². The standard InChI is InChI=1S/C11H19N3S/c1-6-10-9(5)14(7-2)11(15-10)13-12-8(3)4/h6-7H2,1-5H3. The van der Waals surface area contributed by atoms with Gasteiger partial charge in [0.05, 0.1) is 0 Å². The summed E-state index contributed by atoms with van der Waals surface area (Å²) in [5, 5.41) is 8.40. The molecular weight excluding hydrogens is 206 g/mol. The fourth-order valence-electron chi connectivity index (χ4n) is 1.45. The molecule has 1 aromatic rings. The number of thiazole rings is 1. The Hall–Kier alpha value is -0.900. The lowest BCUT2D eigenvalue weighted by molar-refractivity contribution is 0.700. The van der Waals surface area contributed by atoms with Crippen molar-refractivity contribution in [2.24, 2.45) is 10.2 Å². The van der Waals surface area contributed by atoms with Gasteiger partial charge in [0.1, 0.15) is 0 Å². The first kappa shape index (κ1) is 12.2. The average Bonchev–Trinajstić information content (AvgIpc) is 2.51. The SMILES string of the molecule is CCc1sc(=NN=C(C)C)n(CC)c1C. The molecule has 0 unspecified atom stereocenters. The van der Waals surface area contributed by atoms with Crippen molar-refractivity contribution in [2.45, 2.75) is 47.6 Å². The van der Waals surface area contributed by atoms with E-state index in [1.54, 1.807) is 11.3 Å². The summed E-state index contributed by atoms with van der Waals surface area (Å²) >= 11 is 1.74. The quantitative estimate of drug-likeness (QED) is 0.559. The normalized spacial score (nSPS) is 11.9. The van der Waals surface area contributed by atoms with Crippen LogP contribution in [0.5, 0.6) is 0 Å². The van der Waals surface area contributed by atoms with Gasteiger partial charge in [0.25, 0.3) is 0 Å². The second kappa shape index (κ2) is 5.26. The first-order valence-corrected chi connectivity index (χ1v) is 6.15. The van der Waals surface area contributed by atoms with Crippen molar-refractivity contribution in [3.05, 3.63) is 15.4 Å². The molecule has 84 valence electrons. The summed E-state index contributed by atoms with van der Waals surface area (Å²) < 4.78 is 2.22. The summed E-state index contributed by atoms with van der Waals surface area (Å²) in [5.74, 6) is 0. The summed E-state index contributed by atoms with van der Waals surface area (Å²) in [6, 6.07) is 0. The van der Waals surface area contributed by atoms with Crippen molar-refractivity contribution < 1.29 is 0 Å². The number of nitrogens with zero attached hydrogens (tertiary/aromatic N) is 3. The summed E-state index contributed by atoms with van der Waals surface area (Å²) in [5.41, 5.74) is 2.31. The van der Waals surface area contributed by atoms with Crippen LogP contribution in [0.3, 0.4) is 0 Å². The third-order valence-corrected chi connectivity index (χ3v) is 3.54. The predicted octanol–water partition coefficient (Wildman–Crippen LogP) is 2.74. The number of aromatic nitrogens is 1. The van der Waals surface area contributed by atoms with E-state index in [9.17, 15) is 0 Å². The zero-order chi connectivity index (χ0) is 11.4. The Morgan fingerprint density at radius 1 is 1.33 bits per heavy atom. The maximum Gasteiger partial charge on any atom is 0.210 e. The Morgan fingerprint density at radius 3 is 2.47 bits per heavy atom. The molecule has 1 heterocycles.